The summed E-state index contributed by atoms with van der Waals surface area (Å²) in [7, 11) is 0. The number of nitrogens with zero attached hydrogens (tertiary/aromatic N) is 5. The summed E-state index contributed by atoms with van der Waals surface area (Å²) in [6.45, 7) is 11.1. The lowest BCUT2D eigenvalue weighted by molar-refractivity contribution is 0.0998. The lowest BCUT2D eigenvalue weighted by atomic mass is 9.98. The zero-order chi connectivity index (χ0) is 26.5. The van der Waals surface area contributed by atoms with Gasteiger partial charge >= 0.3 is 0 Å². The van der Waals surface area contributed by atoms with E-state index in [9.17, 15) is 4.79 Å². The number of primary amides is 1. The number of anilines is 1. The van der Waals surface area contributed by atoms with Crippen molar-refractivity contribution in [2.24, 2.45) is 5.73 Å². The lowest BCUT2D eigenvalue weighted by Crippen LogP contribution is -2.47. The van der Waals surface area contributed by atoms with E-state index in [1.807, 2.05) is 44.6 Å². The third kappa shape index (κ3) is 6.65. The Balaban J connectivity index is 1.39. The van der Waals surface area contributed by atoms with Gasteiger partial charge in [0.2, 0.25) is 0 Å². The molecule has 0 bridgehead atoms. The van der Waals surface area contributed by atoms with Crippen molar-refractivity contribution in [1.82, 2.24) is 19.9 Å². The number of halogens is 1. The van der Waals surface area contributed by atoms with Crippen LogP contribution < -0.4 is 10.6 Å². The Morgan fingerprint density at radius 2 is 1.92 bits per heavy atom. The van der Waals surface area contributed by atoms with Gasteiger partial charge in [0.25, 0.3) is 5.91 Å². The first-order valence-corrected chi connectivity index (χ1v) is 13.4. The summed E-state index contributed by atoms with van der Waals surface area (Å²) in [4.78, 5) is 30.1. The molecule has 0 spiro atoms. The first-order chi connectivity index (χ1) is 17.7. The minimum Gasteiger partial charge on any atom is -0.366 e. The van der Waals surface area contributed by atoms with Gasteiger partial charge in [-0.1, -0.05) is 11.6 Å². The van der Waals surface area contributed by atoms with Crippen molar-refractivity contribution in [2.75, 3.05) is 18.0 Å². The molecule has 1 atom stereocenters. The minimum atomic E-state index is -0.410. The molecule has 196 valence electrons. The van der Waals surface area contributed by atoms with Crippen molar-refractivity contribution in [3.05, 3.63) is 81.7 Å². The number of piperidine rings is 1. The Bertz CT molecular complexity index is 1200. The van der Waals surface area contributed by atoms with Gasteiger partial charge in [0.05, 0.1) is 23.1 Å². The van der Waals surface area contributed by atoms with E-state index in [-0.39, 0.29) is 0 Å². The van der Waals surface area contributed by atoms with Gasteiger partial charge in [0.15, 0.2) is 0 Å². The van der Waals surface area contributed by atoms with Crippen molar-refractivity contribution in [2.45, 2.75) is 72.0 Å². The molecular formula is C29H37ClN6O. The number of hydrogen-bond acceptors (Lipinski definition) is 6. The van der Waals surface area contributed by atoms with Crippen molar-refractivity contribution in [3.8, 4) is 0 Å². The predicted octanol–water partition coefficient (Wildman–Crippen LogP) is 5.04. The van der Waals surface area contributed by atoms with Crippen LogP contribution in [0.3, 0.4) is 0 Å². The SMILES string of the molecule is Cc1ccncc1CN(c1ccc(Cl)nc1)C1CCN([C@H](C)CCc2cc(C)c(C(N)=O)c(C)n2)CC1. The number of carbonyl (C=O) groups excluding carboxylic acids is 1. The van der Waals surface area contributed by atoms with E-state index >= 15 is 0 Å². The predicted molar refractivity (Wildman–Crippen MR) is 149 cm³/mol. The number of pyridine rings is 3. The second kappa shape index (κ2) is 12.0. The third-order valence-electron chi connectivity index (χ3n) is 7.61. The molecule has 0 saturated carbocycles. The Kier molecular flexibility index (Phi) is 8.77. The molecule has 2 N–H and O–H groups in total. The molecule has 0 aliphatic carbocycles. The molecule has 37 heavy (non-hydrogen) atoms. The summed E-state index contributed by atoms with van der Waals surface area (Å²) in [5, 5.41) is 0.508. The third-order valence-corrected chi connectivity index (χ3v) is 7.83. The standard InChI is InChI=1S/C29H37ClN6O/c1-19-9-12-32-16-23(19)18-36(26-7-8-27(30)33-17-26)25-10-13-35(14-11-25)21(3)5-6-24-15-20(2)28(29(31)37)22(4)34-24/h7-9,12,15-17,21,25H,5-6,10-11,13-14,18H2,1-4H3,(H2,31,37)/t21-/m1/s1. The van der Waals surface area contributed by atoms with Crippen LogP contribution in [0.5, 0.6) is 0 Å². The first kappa shape index (κ1) is 27.0. The summed E-state index contributed by atoms with van der Waals surface area (Å²) >= 11 is 6.08. The maximum Gasteiger partial charge on any atom is 0.250 e. The molecule has 1 saturated heterocycles. The van der Waals surface area contributed by atoms with Crippen molar-refractivity contribution in [1.29, 1.82) is 0 Å². The highest BCUT2D eigenvalue weighted by atomic mass is 35.5. The van der Waals surface area contributed by atoms with Gasteiger partial charge in [-0.25, -0.2) is 4.98 Å². The zero-order valence-electron chi connectivity index (χ0n) is 22.2. The van der Waals surface area contributed by atoms with Crippen LogP contribution in [0.2, 0.25) is 5.15 Å². The quantitative estimate of drug-likeness (QED) is 0.397. The number of aryl methyl sites for hydroxylation is 4. The maximum atomic E-state index is 11.7. The molecule has 1 fully saturated rings. The highest BCUT2D eigenvalue weighted by molar-refractivity contribution is 6.29. The normalized spacial score (nSPS) is 15.5. The van der Waals surface area contributed by atoms with Crippen LogP contribution in [0.15, 0.2) is 42.9 Å². The highest BCUT2D eigenvalue weighted by Crippen LogP contribution is 2.28. The lowest BCUT2D eigenvalue weighted by Gasteiger charge is -2.42. The highest BCUT2D eigenvalue weighted by Gasteiger charge is 2.28. The van der Waals surface area contributed by atoms with Gasteiger partial charge in [-0.05, 0) is 94.3 Å². The average molecular weight is 521 g/mol. The van der Waals surface area contributed by atoms with E-state index in [1.54, 1.807) is 0 Å². The molecule has 3 aromatic heterocycles. The molecule has 1 aliphatic rings. The second-order valence-corrected chi connectivity index (χ2v) is 10.6. The number of carbonyl (C=O) groups is 1. The van der Waals surface area contributed by atoms with Gasteiger partial charge in [-0.15, -0.1) is 0 Å². The monoisotopic (exact) mass is 520 g/mol. The molecule has 7 nitrogen and oxygen atoms in total. The smallest absolute Gasteiger partial charge is 0.250 e. The summed E-state index contributed by atoms with van der Waals surface area (Å²) in [6.07, 6.45) is 9.75. The largest absolute Gasteiger partial charge is 0.366 e. The number of nitrogens with two attached hydrogens (primary N) is 1. The maximum absolute atomic E-state index is 11.7. The average Bonchev–Trinajstić information content (AvgIpc) is 2.87. The fourth-order valence-corrected chi connectivity index (χ4v) is 5.52. The first-order valence-electron chi connectivity index (χ1n) is 13.0. The molecule has 3 aromatic rings. The molecule has 4 rings (SSSR count). The van der Waals surface area contributed by atoms with Gasteiger partial charge in [0, 0.05) is 49.8 Å². The van der Waals surface area contributed by atoms with Crippen LogP contribution in [0.4, 0.5) is 5.69 Å². The van der Waals surface area contributed by atoms with Crippen molar-refractivity contribution >= 4 is 23.2 Å². The number of amides is 1. The molecule has 0 aromatic carbocycles. The minimum absolute atomic E-state index is 0.410. The van der Waals surface area contributed by atoms with E-state index in [2.05, 4.69) is 50.7 Å². The number of rotatable bonds is 9. The van der Waals surface area contributed by atoms with Crippen LogP contribution in [-0.4, -0.2) is 50.9 Å². The van der Waals surface area contributed by atoms with Gasteiger partial charge in [-0.3, -0.25) is 14.8 Å². The Morgan fingerprint density at radius 3 is 2.54 bits per heavy atom. The molecule has 1 aliphatic heterocycles. The van der Waals surface area contributed by atoms with E-state index in [4.69, 9.17) is 17.3 Å². The fourth-order valence-electron chi connectivity index (χ4n) is 5.40. The van der Waals surface area contributed by atoms with E-state index < -0.39 is 5.91 Å². The van der Waals surface area contributed by atoms with Crippen LogP contribution in [0.25, 0.3) is 0 Å². The van der Waals surface area contributed by atoms with Gasteiger partial charge < -0.3 is 15.5 Å². The topological polar surface area (TPSA) is 88.2 Å². The van der Waals surface area contributed by atoms with Crippen LogP contribution >= 0.6 is 11.6 Å². The number of likely N-dealkylation sites (tertiary alicyclic amines) is 1. The van der Waals surface area contributed by atoms with Gasteiger partial charge in [-0.2, -0.15) is 0 Å². The van der Waals surface area contributed by atoms with Crippen molar-refractivity contribution < 1.29 is 4.79 Å². The molecule has 4 heterocycles. The van der Waals surface area contributed by atoms with E-state index in [1.165, 1.54) is 11.1 Å². The Morgan fingerprint density at radius 1 is 1.16 bits per heavy atom. The summed E-state index contributed by atoms with van der Waals surface area (Å²) < 4.78 is 0. The number of aromatic nitrogens is 3. The zero-order valence-corrected chi connectivity index (χ0v) is 23.0. The Hall–Kier alpha value is -3.03. The molecule has 1 amide bonds. The summed E-state index contributed by atoms with van der Waals surface area (Å²) in [5.41, 5.74) is 12.3. The number of hydrogen-bond donors (Lipinski definition) is 1. The summed E-state index contributed by atoms with van der Waals surface area (Å²) in [5.74, 6) is -0.410. The van der Waals surface area contributed by atoms with E-state index in [0.717, 1.165) is 68.0 Å². The van der Waals surface area contributed by atoms with Crippen molar-refractivity contribution in [3.63, 3.8) is 0 Å². The molecular weight excluding hydrogens is 484 g/mol. The van der Waals surface area contributed by atoms with Crippen LogP contribution in [0.1, 0.15) is 64.6 Å². The molecule has 0 radical (unpaired) electrons. The molecule has 8 heteroatoms. The Labute approximate surface area is 225 Å². The summed E-state index contributed by atoms with van der Waals surface area (Å²) in [6, 6.07) is 8.87. The fraction of sp³-hybridized carbons (Fsp3) is 0.448. The van der Waals surface area contributed by atoms with E-state index in [0.29, 0.717) is 22.8 Å². The van der Waals surface area contributed by atoms with Gasteiger partial charge in [0.1, 0.15) is 5.15 Å². The van der Waals surface area contributed by atoms with Crippen LogP contribution in [0, 0.1) is 20.8 Å². The van der Waals surface area contributed by atoms with Crippen LogP contribution in [-0.2, 0) is 13.0 Å². The second-order valence-electron chi connectivity index (χ2n) is 10.2. The molecule has 0 unspecified atom stereocenters.